The van der Waals surface area contributed by atoms with Crippen LogP contribution in [0.1, 0.15) is 25.7 Å². The maximum atomic E-state index is 11.8. The minimum atomic E-state index is -1.46. The van der Waals surface area contributed by atoms with Gasteiger partial charge < -0.3 is 14.8 Å². The van der Waals surface area contributed by atoms with Crippen molar-refractivity contribution in [1.29, 1.82) is 0 Å². The van der Waals surface area contributed by atoms with Crippen molar-refractivity contribution in [3.8, 4) is 0 Å². The number of Topliss-reactive ketones (excluding diaryl/α,β-unsaturated/α-hetero) is 1. The number of rotatable bonds is 6. The third-order valence-corrected chi connectivity index (χ3v) is 3.59. The highest BCUT2D eigenvalue weighted by Crippen LogP contribution is 2.27. The maximum absolute atomic E-state index is 11.8. The van der Waals surface area contributed by atoms with E-state index in [-0.39, 0.29) is 17.9 Å². The molecule has 1 aliphatic rings. The van der Waals surface area contributed by atoms with E-state index in [0.717, 1.165) is 0 Å². The summed E-state index contributed by atoms with van der Waals surface area (Å²) in [5, 5.41) is 12.3. The summed E-state index contributed by atoms with van der Waals surface area (Å²) in [4.78, 5) is 40.6. The zero-order valence-electron chi connectivity index (χ0n) is 12.0. The molecule has 1 saturated carbocycles. The quantitative estimate of drug-likeness (QED) is 0.340. The Kier molecular flexibility index (Phi) is 6.61. The van der Waals surface area contributed by atoms with Crippen LogP contribution in [0, 0.1) is 5.92 Å². The number of carbonyl (C=O) groups is 3. The van der Waals surface area contributed by atoms with E-state index in [1.165, 1.54) is 0 Å². The fraction of sp³-hybridized carbons (Fsp3) is 0.692. The van der Waals surface area contributed by atoms with Crippen LogP contribution in [0.3, 0.4) is 0 Å². The second-order valence-corrected chi connectivity index (χ2v) is 5.38. The van der Waals surface area contributed by atoms with Crippen molar-refractivity contribution in [3.63, 3.8) is 0 Å². The fourth-order valence-electron chi connectivity index (χ4n) is 2.18. The van der Waals surface area contributed by atoms with E-state index >= 15 is 0 Å². The lowest BCUT2D eigenvalue weighted by atomic mass is 9.86. The molecule has 118 valence electrons. The highest BCUT2D eigenvalue weighted by atomic mass is 35.5. The van der Waals surface area contributed by atoms with Gasteiger partial charge in [-0.1, -0.05) is 5.16 Å². The summed E-state index contributed by atoms with van der Waals surface area (Å²) in [6, 6.07) is 0. The van der Waals surface area contributed by atoms with Gasteiger partial charge in [-0.05, 0) is 25.7 Å². The summed E-state index contributed by atoms with van der Waals surface area (Å²) in [5.74, 6) is -2.66. The lowest BCUT2D eigenvalue weighted by Gasteiger charge is -2.28. The molecule has 1 amide bonds. The van der Waals surface area contributed by atoms with Gasteiger partial charge in [-0.25, -0.2) is 4.79 Å². The number of carbonyl (C=O) groups excluding carboxylic acids is 2. The number of nitrogens with zero attached hydrogens (tertiary/aromatic N) is 2. The fourth-order valence-corrected chi connectivity index (χ4v) is 2.31. The Hall–Kier alpha value is -1.63. The van der Waals surface area contributed by atoms with Gasteiger partial charge in [-0.2, -0.15) is 0 Å². The molecule has 1 rings (SSSR count). The molecule has 0 aromatic heterocycles. The Bertz CT molecular complexity index is 442. The topological polar surface area (TPSA) is 96.3 Å². The summed E-state index contributed by atoms with van der Waals surface area (Å²) in [6.07, 6.45) is 2.21. The van der Waals surface area contributed by atoms with Gasteiger partial charge in [0.2, 0.25) is 17.4 Å². The van der Waals surface area contributed by atoms with Crippen LogP contribution < -0.4 is 0 Å². The molecule has 0 saturated heterocycles. The van der Waals surface area contributed by atoms with Crippen LogP contribution in [0.4, 0.5) is 0 Å². The second kappa shape index (κ2) is 7.97. The summed E-state index contributed by atoms with van der Waals surface area (Å²) in [5.41, 5.74) is -0.698. The van der Waals surface area contributed by atoms with E-state index in [4.69, 9.17) is 21.5 Å². The van der Waals surface area contributed by atoms with Crippen LogP contribution in [0.2, 0.25) is 0 Å². The molecule has 0 atom stereocenters. The molecule has 7 nitrogen and oxygen atoms in total. The number of aliphatic carboxylic acids is 1. The molecule has 21 heavy (non-hydrogen) atoms. The lowest BCUT2D eigenvalue weighted by molar-refractivity contribution is -0.135. The van der Waals surface area contributed by atoms with Crippen molar-refractivity contribution in [2.45, 2.75) is 31.8 Å². The van der Waals surface area contributed by atoms with E-state index in [0.29, 0.717) is 25.7 Å². The van der Waals surface area contributed by atoms with E-state index in [9.17, 15) is 14.4 Å². The highest BCUT2D eigenvalue weighted by molar-refractivity contribution is 6.67. The van der Waals surface area contributed by atoms with E-state index in [1.807, 2.05) is 0 Å². The van der Waals surface area contributed by atoms with Gasteiger partial charge in [0, 0.05) is 20.0 Å². The van der Waals surface area contributed by atoms with Crippen LogP contribution in [0.5, 0.6) is 0 Å². The Morgan fingerprint density at radius 1 is 1.24 bits per heavy atom. The van der Waals surface area contributed by atoms with Crippen LogP contribution in [-0.4, -0.2) is 59.5 Å². The molecule has 0 aromatic rings. The Morgan fingerprint density at radius 2 is 1.81 bits per heavy atom. The van der Waals surface area contributed by atoms with Gasteiger partial charge in [-0.3, -0.25) is 9.59 Å². The molecule has 1 N–H and O–H groups in total. The molecule has 0 aliphatic heterocycles. The summed E-state index contributed by atoms with van der Waals surface area (Å²) < 4.78 is 0. The summed E-state index contributed by atoms with van der Waals surface area (Å²) in [6.45, 7) is 0. The predicted molar refractivity (Wildman–Crippen MR) is 76.3 cm³/mol. The first-order chi connectivity index (χ1) is 9.86. The molecule has 8 heteroatoms. The summed E-state index contributed by atoms with van der Waals surface area (Å²) >= 11 is 5.30. The third-order valence-electron chi connectivity index (χ3n) is 3.35. The zero-order valence-corrected chi connectivity index (χ0v) is 12.8. The largest absolute Gasteiger partial charge is 0.476 e. The molecular formula is C13H19ClN2O5. The first-order valence-corrected chi connectivity index (χ1v) is 7.17. The van der Waals surface area contributed by atoms with Crippen molar-refractivity contribution < 1.29 is 24.3 Å². The SMILES string of the molecule is CN(C)C(=O)[C@H]1CC[C@H](O/N=C(\C(=O)O)C(=O)CCl)CC1. The molecule has 1 fully saturated rings. The number of carboxylic acid groups (broad SMARTS) is 1. The van der Waals surface area contributed by atoms with Gasteiger partial charge >= 0.3 is 5.97 Å². The molecule has 0 bridgehead atoms. The summed E-state index contributed by atoms with van der Waals surface area (Å²) in [7, 11) is 3.43. The third kappa shape index (κ3) is 5.00. The average molecular weight is 319 g/mol. The highest BCUT2D eigenvalue weighted by Gasteiger charge is 2.29. The Labute approximate surface area is 127 Å². The van der Waals surface area contributed by atoms with Gasteiger partial charge in [0.25, 0.3) is 0 Å². The van der Waals surface area contributed by atoms with Crippen molar-refractivity contribution in [1.82, 2.24) is 4.90 Å². The Balaban J connectivity index is 2.54. The van der Waals surface area contributed by atoms with Crippen LogP contribution >= 0.6 is 11.6 Å². The first kappa shape index (κ1) is 17.4. The number of hydrogen-bond acceptors (Lipinski definition) is 5. The minimum Gasteiger partial charge on any atom is -0.476 e. The molecule has 0 heterocycles. The smallest absolute Gasteiger partial charge is 0.361 e. The van der Waals surface area contributed by atoms with Crippen molar-refractivity contribution in [3.05, 3.63) is 0 Å². The monoisotopic (exact) mass is 318 g/mol. The van der Waals surface area contributed by atoms with E-state index in [1.54, 1.807) is 19.0 Å². The number of ketones is 1. The molecule has 0 unspecified atom stereocenters. The van der Waals surface area contributed by atoms with Crippen LogP contribution in [-0.2, 0) is 19.2 Å². The van der Waals surface area contributed by atoms with E-state index in [2.05, 4.69) is 5.16 Å². The maximum Gasteiger partial charge on any atom is 0.361 e. The van der Waals surface area contributed by atoms with Crippen LogP contribution in [0.15, 0.2) is 5.16 Å². The van der Waals surface area contributed by atoms with E-state index < -0.39 is 23.3 Å². The molecule has 0 aromatic carbocycles. The second-order valence-electron chi connectivity index (χ2n) is 5.11. The first-order valence-electron chi connectivity index (χ1n) is 6.64. The van der Waals surface area contributed by atoms with Crippen molar-refractivity contribution >= 4 is 35.0 Å². The Morgan fingerprint density at radius 3 is 2.24 bits per heavy atom. The molecule has 0 radical (unpaired) electrons. The van der Waals surface area contributed by atoms with Crippen molar-refractivity contribution in [2.24, 2.45) is 11.1 Å². The molecule has 0 spiro atoms. The number of carboxylic acids is 1. The van der Waals surface area contributed by atoms with Gasteiger partial charge in [0.1, 0.15) is 6.10 Å². The number of alkyl halides is 1. The molecule has 1 aliphatic carbocycles. The lowest BCUT2D eigenvalue weighted by Crippen LogP contribution is -2.34. The van der Waals surface area contributed by atoms with Crippen molar-refractivity contribution in [2.75, 3.05) is 20.0 Å². The number of hydrogen-bond donors (Lipinski definition) is 1. The number of amides is 1. The number of halogens is 1. The minimum absolute atomic E-state index is 0.0350. The van der Waals surface area contributed by atoms with Gasteiger partial charge in [-0.15, -0.1) is 11.6 Å². The van der Waals surface area contributed by atoms with Gasteiger partial charge in [0.15, 0.2) is 0 Å². The number of oxime groups is 1. The predicted octanol–water partition coefficient (Wildman–Crippen LogP) is 0.898. The zero-order chi connectivity index (χ0) is 16.0. The average Bonchev–Trinajstić information content (AvgIpc) is 2.46. The standard InChI is InChI=1S/C13H19ClN2O5/c1-16(2)12(18)8-3-5-9(6-4-8)21-15-11(13(19)20)10(17)7-14/h8-9H,3-7H2,1-2H3,(H,19,20)/b15-11-/t8-,9-. The molecular weight excluding hydrogens is 300 g/mol. The van der Waals surface area contributed by atoms with Crippen LogP contribution in [0.25, 0.3) is 0 Å². The normalized spacial score (nSPS) is 22.5. The van der Waals surface area contributed by atoms with Gasteiger partial charge in [0.05, 0.1) is 5.88 Å².